The molecule has 1 aliphatic rings. The van der Waals surface area contributed by atoms with Crippen LogP contribution in [0.5, 0.6) is 0 Å². The van der Waals surface area contributed by atoms with Crippen molar-refractivity contribution in [3.8, 4) is 0 Å². The van der Waals surface area contributed by atoms with Gasteiger partial charge in [0.2, 0.25) is 10.0 Å². The molecule has 134 valence electrons. The minimum absolute atomic E-state index is 0.0108. The van der Waals surface area contributed by atoms with E-state index in [1.165, 1.54) is 30.7 Å². The molecule has 1 fully saturated rings. The van der Waals surface area contributed by atoms with Gasteiger partial charge in [0.05, 0.1) is 11.4 Å². The Morgan fingerprint density at radius 3 is 2.08 bits per heavy atom. The van der Waals surface area contributed by atoms with Crippen LogP contribution < -0.4 is 4.72 Å². The van der Waals surface area contributed by atoms with Gasteiger partial charge < -0.3 is 10.2 Å². The van der Waals surface area contributed by atoms with E-state index in [1.54, 1.807) is 0 Å². The van der Waals surface area contributed by atoms with E-state index in [-0.39, 0.29) is 23.1 Å². The molecule has 1 aliphatic carbocycles. The number of hydrogen-bond acceptors (Lipinski definition) is 4. The second-order valence-corrected chi connectivity index (χ2v) is 7.57. The van der Waals surface area contributed by atoms with E-state index in [0.29, 0.717) is 5.02 Å². The van der Waals surface area contributed by atoms with Crippen molar-refractivity contribution in [1.82, 2.24) is 4.72 Å². The van der Waals surface area contributed by atoms with Crippen molar-refractivity contribution in [2.45, 2.75) is 37.0 Å². The zero-order chi connectivity index (χ0) is 18.2. The second-order valence-electron chi connectivity index (χ2n) is 5.36. The largest absolute Gasteiger partial charge is 0.503 e. The van der Waals surface area contributed by atoms with E-state index in [1.807, 2.05) is 0 Å². The number of carboxylic acid groups (broad SMARTS) is 2. The van der Waals surface area contributed by atoms with Crippen molar-refractivity contribution in [1.29, 1.82) is 0 Å². The van der Waals surface area contributed by atoms with Crippen molar-refractivity contribution in [2.75, 3.05) is 6.54 Å². The first-order valence-corrected chi connectivity index (χ1v) is 9.28. The fourth-order valence-corrected chi connectivity index (χ4v) is 3.55. The molecule has 0 spiro atoms. The molecule has 1 aromatic carbocycles. The van der Waals surface area contributed by atoms with Crippen molar-refractivity contribution in [3.05, 3.63) is 29.3 Å². The highest BCUT2D eigenvalue weighted by molar-refractivity contribution is 7.89. The highest BCUT2D eigenvalue weighted by atomic mass is 35.5. The minimum Gasteiger partial charge on any atom is -0.450 e. The summed E-state index contributed by atoms with van der Waals surface area (Å²) in [4.78, 5) is 20.7. The van der Waals surface area contributed by atoms with Gasteiger partial charge in [0.1, 0.15) is 0 Å². The van der Waals surface area contributed by atoms with Crippen LogP contribution in [-0.2, 0) is 14.8 Å². The predicted molar refractivity (Wildman–Crippen MR) is 88.9 cm³/mol. The summed E-state index contributed by atoms with van der Waals surface area (Å²) in [5.41, 5.74) is 0. The lowest BCUT2D eigenvalue weighted by atomic mass is 9.86. The Balaban J connectivity index is 0.000000648. The van der Waals surface area contributed by atoms with E-state index < -0.39 is 16.2 Å². The lowest BCUT2D eigenvalue weighted by molar-refractivity contribution is -0.122. The maximum atomic E-state index is 12.0. The molecule has 0 atom stereocenters. The highest BCUT2D eigenvalue weighted by Gasteiger charge is 2.23. The summed E-state index contributed by atoms with van der Waals surface area (Å²) in [7, 11) is -3.64. The van der Waals surface area contributed by atoms with Crippen LogP contribution >= 0.6 is 11.6 Å². The van der Waals surface area contributed by atoms with E-state index in [9.17, 15) is 13.2 Å². The topological polar surface area (TPSA) is 121 Å². The maximum Gasteiger partial charge on any atom is 0.503 e. The van der Waals surface area contributed by atoms with Crippen LogP contribution in [0, 0.1) is 5.92 Å². The molecule has 2 rings (SSSR count). The monoisotopic (exact) mass is 377 g/mol. The molecule has 0 saturated heterocycles. The SMILES string of the molecule is O=C(CNS(=O)(=O)c1ccc(Cl)cc1)C1CCCCC1.O=C(O)O. The zero-order valence-electron chi connectivity index (χ0n) is 12.9. The van der Waals surface area contributed by atoms with Gasteiger partial charge in [-0.1, -0.05) is 30.9 Å². The molecule has 24 heavy (non-hydrogen) atoms. The number of sulfonamides is 1. The Morgan fingerprint density at radius 2 is 1.58 bits per heavy atom. The number of carbonyl (C=O) groups is 2. The van der Waals surface area contributed by atoms with Gasteiger partial charge in [-0.05, 0) is 37.1 Å². The lowest BCUT2D eigenvalue weighted by Crippen LogP contribution is -2.33. The summed E-state index contributed by atoms with van der Waals surface area (Å²) in [6, 6.07) is 5.88. The Hall–Kier alpha value is -1.64. The average molecular weight is 378 g/mol. The first kappa shape index (κ1) is 20.4. The Morgan fingerprint density at radius 1 is 1.08 bits per heavy atom. The van der Waals surface area contributed by atoms with Crippen LogP contribution in [0.25, 0.3) is 0 Å². The quantitative estimate of drug-likeness (QED) is 0.725. The molecular formula is C15H20ClNO6S. The first-order valence-electron chi connectivity index (χ1n) is 7.42. The molecule has 0 radical (unpaired) electrons. The molecular weight excluding hydrogens is 358 g/mol. The van der Waals surface area contributed by atoms with Gasteiger partial charge in [0, 0.05) is 10.9 Å². The standard InChI is InChI=1S/C14H18ClNO3S.CH2O3/c15-12-6-8-13(9-7-12)20(18,19)16-10-14(17)11-4-2-1-3-5-11;2-1(3)4/h6-9,11,16H,1-5,10H2;(H2,2,3,4). The first-order chi connectivity index (χ1) is 11.2. The molecule has 1 saturated carbocycles. The molecule has 0 bridgehead atoms. The normalized spacial score (nSPS) is 15.2. The number of carbonyl (C=O) groups excluding carboxylic acids is 1. The van der Waals surface area contributed by atoms with E-state index >= 15 is 0 Å². The molecule has 0 aliphatic heterocycles. The third-order valence-electron chi connectivity index (χ3n) is 3.62. The number of ketones is 1. The van der Waals surface area contributed by atoms with Gasteiger partial charge in [-0.25, -0.2) is 17.9 Å². The molecule has 7 nitrogen and oxygen atoms in total. The van der Waals surface area contributed by atoms with Crippen LogP contribution in [0.4, 0.5) is 4.79 Å². The summed E-state index contributed by atoms with van der Waals surface area (Å²) in [6.07, 6.45) is 3.20. The van der Waals surface area contributed by atoms with Gasteiger partial charge in [-0.3, -0.25) is 4.79 Å². The molecule has 9 heteroatoms. The van der Waals surface area contributed by atoms with E-state index in [2.05, 4.69) is 4.72 Å². The summed E-state index contributed by atoms with van der Waals surface area (Å²) in [5, 5.41) is 14.4. The number of Topliss-reactive ketones (excluding diaryl/α,β-unsaturated/α-hetero) is 1. The Bertz CT molecular complexity index is 649. The molecule has 0 unspecified atom stereocenters. The number of halogens is 1. The zero-order valence-corrected chi connectivity index (χ0v) is 14.5. The van der Waals surface area contributed by atoms with Crippen LogP contribution in [0.1, 0.15) is 32.1 Å². The second kappa shape index (κ2) is 9.61. The smallest absolute Gasteiger partial charge is 0.450 e. The summed E-state index contributed by atoms with van der Waals surface area (Å²) < 4.78 is 26.4. The highest BCUT2D eigenvalue weighted by Crippen LogP contribution is 2.24. The van der Waals surface area contributed by atoms with Crippen molar-refractivity contribution in [3.63, 3.8) is 0 Å². The minimum atomic E-state index is -3.64. The molecule has 0 amide bonds. The predicted octanol–water partition coefficient (Wildman–Crippen LogP) is 2.99. The number of hydrogen-bond donors (Lipinski definition) is 3. The Kier molecular flexibility index (Phi) is 8.17. The van der Waals surface area contributed by atoms with Crippen molar-refractivity contribution >= 4 is 33.6 Å². The van der Waals surface area contributed by atoms with Crippen LogP contribution in [-0.4, -0.2) is 37.1 Å². The molecule has 1 aromatic rings. The third kappa shape index (κ3) is 7.29. The fraction of sp³-hybridized carbons (Fsp3) is 0.467. The summed E-state index contributed by atoms with van der Waals surface area (Å²) >= 11 is 5.72. The van der Waals surface area contributed by atoms with Crippen LogP contribution in [0.2, 0.25) is 5.02 Å². The molecule has 0 heterocycles. The third-order valence-corrected chi connectivity index (χ3v) is 5.29. The lowest BCUT2D eigenvalue weighted by Gasteiger charge is -2.20. The van der Waals surface area contributed by atoms with Crippen molar-refractivity contribution < 1.29 is 28.2 Å². The van der Waals surface area contributed by atoms with Gasteiger partial charge in [0.25, 0.3) is 0 Å². The fourth-order valence-electron chi connectivity index (χ4n) is 2.43. The average Bonchev–Trinajstić information content (AvgIpc) is 2.53. The van der Waals surface area contributed by atoms with E-state index in [0.717, 1.165) is 25.7 Å². The van der Waals surface area contributed by atoms with Gasteiger partial charge >= 0.3 is 6.16 Å². The van der Waals surface area contributed by atoms with E-state index in [4.69, 9.17) is 26.6 Å². The number of rotatable bonds is 5. The number of benzene rings is 1. The Labute approximate surface area is 145 Å². The molecule has 3 N–H and O–H groups in total. The van der Waals surface area contributed by atoms with Crippen molar-refractivity contribution in [2.24, 2.45) is 5.92 Å². The van der Waals surface area contributed by atoms with Gasteiger partial charge in [-0.15, -0.1) is 0 Å². The summed E-state index contributed by atoms with van der Waals surface area (Å²) in [6.45, 7) is -0.129. The molecule has 0 aromatic heterocycles. The van der Waals surface area contributed by atoms with Gasteiger partial charge in [0.15, 0.2) is 5.78 Å². The van der Waals surface area contributed by atoms with Crippen LogP contribution in [0.15, 0.2) is 29.2 Å². The summed E-state index contributed by atoms with van der Waals surface area (Å²) in [5.74, 6) is -0.00101. The number of nitrogens with one attached hydrogen (secondary N) is 1. The van der Waals surface area contributed by atoms with Crippen LogP contribution in [0.3, 0.4) is 0 Å². The van der Waals surface area contributed by atoms with Gasteiger partial charge in [-0.2, -0.15) is 0 Å². The maximum absolute atomic E-state index is 12.0.